The van der Waals surface area contributed by atoms with Gasteiger partial charge in [-0.15, -0.1) is 0 Å². The molecule has 5 rings (SSSR count). The monoisotopic (exact) mass is 396 g/mol. The summed E-state index contributed by atoms with van der Waals surface area (Å²) in [5, 5.41) is 1.87. The average Bonchev–Trinajstić information content (AvgIpc) is 3.20. The fraction of sp³-hybridized carbons (Fsp3) is 0.348. The smallest absolute Gasteiger partial charge is 0.339 e. The van der Waals surface area contributed by atoms with Crippen LogP contribution < -0.4 is 15.3 Å². The van der Waals surface area contributed by atoms with Gasteiger partial charge in [0.25, 0.3) is 0 Å². The largest absolute Gasteiger partial charge is 0.444 e. The van der Waals surface area contributed by atoms with Gasteiger partial charge in [-0.25, -0.2) is 4.79 Å². The fourth-order valence-corrected chi connectivity index (χ4v) is 4.71. The Morgan fingerprint density at radius 1 is 1.14 bits per heavy atom. The summed E-state index contributed by atoms with van der Waals surface area (Å²) < 4.78 is 11.8. The van der Waals surface area contributed by atoms with Gasteiger partial charge in [0.1, 0.15) is 17.9 Å². The molecule has 28 heavy (non-hydrogen) atoms. The van der Waals surface area contributed by atoms with Gasteiger partial charge in [-0.3, -0.25) is 4.90 Å². The number of aryl methyl sites for hydroxylation is 2. The summed E-state index contributed by atoms with van der Waals surface area (Å²) in [6, 6.07) is 10.3. The van der Waals surface area contributed by atoms with E-state index in [1.807, 2.05) is 19.1 Å². The Kier molecular flexibility index (Phi) is 4.41. The van der Waals surface area contributed by atoms with Gasteiger partial charge in [-0.1, -0.05) is 23.7 Å². The van der Waals surface area contributed by atoms with Crippen molar-refractivity contribution in [2.75, 3.05) is 13.3 Å². The van der Waals surface area contributed by atoms with E-state index >= 15 is 0 Å². The number of halogens is 1. The van der Waals surface area contributed by atoms with E-state index in [1.54, 1.807) is 0 Å². The van der Waals surface area contributed by atoms with Crippen molar-refractivity contribution >= 4 is 22.6 Å². The number of ether oxygens (including phenoxy) is 1. The van der Waals surface area contributed by atoms with Gasteiger partial charge in [0.2, 0.25) is 6.73 Å². The molecule has 1 aliphatic heterocycles. The van der Waals surface area contributed by atoms with E-state index < -0.39 is 0 Å². The Morgan fingerprint density at radius 3 is 2.75 bits per heavy atom. The molecule has 0 fully saturated rings. The lowest BCUT2D eigenvalue weighted by molar-refractivity contribution is -0.932. The standard InChI is InChI=1S/C23H22ClNO3/c1-14-21-16(11-20-18-3-2-4-19(18)23(26)28-22(14)20)12-25(13-27-21)10-9-15-5-7-17(24)8-6-15/h5-8,11H,2-4,9-10,12-13H2,1H3/p+1. The summed E-state index contributed by atoms with van der Waals surface area (Å²) in [7, 11) is 0. The molecule has 5 heteroatoms. The second-order valence-electron chi connectivity index (χ2n) is 7.91. The molecule has 3 aromatic rings. The summed E-state index contributed by atoms with van der Waals surface area (Å²) in [5.41, 5.74) is 6.04. The molecule has 144 valence electrons. The van der Waals surface area contributed by atoms with E-state index in [9.17, 15) is 4.79 Å². The second-order valence-corrected chi connectivity index (χ2v) is 8.35. The first-order valence-electron chi connectivity index (χ1n) is 9.92. The average molecular weight is 397 g/mol. The predicted octanol–water partition coefficient (Wildman–Crippen LogP) is 3.22. The molecule has 0 saturated heterocycles. The van der Waals surface area contributed by atoms with Crippen molar-refractivity contribution in [3.63, 3.8) is 0 Å². The zero-order valence-corrected chi connectivity index (χ0v) is 16.7. The van der Waals surface area contributed by atoms with Crippen molar-refractivity contribution in [1.29, 1.82) is 0 Å². The predicted molar refractivity (Wildman–Crippen MR) is 109 cm³/mol. The van der Waals surface area contributed by atoms with Crippen LogP contribution in [0.25, 0.3) is 11.0 Å². The highest BCUT2D eigenvalue weighted by Gasteiger charge is 2.27. The van der Waals surface area contributed by atoms with Crippen LogP contribution in [0.15, 0.2) is 39.5 Å². The van der Waals surface area contributed by atoms with Crippen LogP contribution >= 0.6 is 11.6 Å². The second kappa shape index (κ2) is 6.94. The van der Waals surface area contributed by atoms with Crippen LogP contribution in [-0.4, -0.2) is 13.3 Å². The fourth-order valence-electron chi connectivity index (χ4n) is 4.59. The highest BCUT2D eigenvalue weighted by atomic mass is 35.5. The van der Waals surface area contributed by atoms with Crippen LogP contribution in [0, 0.1) is 6.92 Å². The minimum atomic E-state index is -0.172. The van der Waals surface area contributed by atoms with Crippen molar-refractivity contribution in [2.45, 2.75) is 39.2 Å². The maximum Gasteiger partial charge on any atom is 0.339 e. The molecular formula is C23H23ClNO3+. The van der Waals surface area contributed by atoms with E-state index in [4.69, 9.17) is 20.8 Å². The SMILES string of the molecule is Cc1c2c(cc3c4c(c(=O)oc13)CCC4)C[NH+](CCc1ccc(Cl)cc1)CO2. The van der Waals surface area contributed by atoms with E-state index in [-0.39, 0.29) is 5.63 Å². The quantitative estimate of drug-likeness (QED) is 0.691. The van der Waals surface area contributed by atoms with Crippen molar-refractivity contribution in [1.82, 2.24) is 0 Å². The minimum Gasteiger partial charge on any atom is -0.444 e. The Labute approximate surface area is 168 Å². The van der Waals surface area contributed by atoms with Crippen LogP contribution in [-0.2, 0) is 25.8 Å². The van der Waals surface area contributed by atoms with Crippen molar-refractivity contribution in [3.8, 4) is 5.75 Å². The summed E-state index contributed by atoms with van der Waals surface area (Å²) in [6.45, 7) is 4.56. The maximum atomic E-state index is 12.3. The molecule has 0 bridgehead atoms. The van der Waals surface area contributed by atoms with Gasteiger partial charge in [0.15, 0.2) is 0 Å². The summed E-state index contributed by atoms with van der Waals surface area (Å²) >= 11 is 5.98. The molecule has 0 spiro atoms. The molecule has 0 radical (unpaired) electrons. The first kappa shape index (κ1) is 17.8. The molecule has 0 amide bonds. The third-order valence-corrected chi connectivity index (χ3v) is 6.31. The maximum absolute atomic E-state index is 12.3. The molecule has 2 aromatic carbocycles. The lowest BCUT2D eigenvalue weighted by atomic mass is 9.99. The van der Waals surface area contributed by atoms with Gasteiger partial charge in [-0.05, 0) is 55.5 Å². The van der Waals surface area contributed by atoms with Gasteiger partial charge in [-0.2, -0.15) is 0 Å². The summed E-state index contributed by atoms with van der Waals surface area (Å²) in [6.07, 6.45) is 3.81. The van der Waals surface area contributed by atoms with Gasteiger partial charge < -0.3 is 9.15 Å². The van der Waals surface area contributed by atoms with Crippen molar-refractivity contribution < 1.29 is 14.1 Å². The highest BCUT2D eigenvalue weighted by molar-refractivity contribution is 6.30. The Hall–Kier alpha value is -2.30. The number of quaternary nitrogens is 1. The van der Waals surface area contributed by atoms with Crippen LogP contribution in [0.5, 0.6) is 5.75 Å². The first-order chi connectivity index (χ1) is 13.6. The van der Waals surface area contributed by atoms with Crippen molar-refractivity contribution in [2.24, 2.45) is 0 Å². The Bertz CT molecular complexity index is 1120. The first-order valence-corrected chi connectivity index (χ1v) is 10.3. The minimum absolute atomic E-state index is 0.172. The van der Waals surface area contributed by atoms with E-state index in [0.29, 0.717) is 12.3 Å². The summed E-state index contributed by atoms with van der Waals surface area (Å²) in [5.74, 6) is 0.892. The van der Waals surface area contributed by atoms with E-state index in [1.165, 1.54) is 21.6 Å². The molecule has 1 aromatic heterocycles. The molecular weight excluding hydrogens is 374 g/mol. The highest BCUT2D eigenvalue weighted by Crippen LogP contribution is 2.36. The number of fused-ring (bicyclic) bond motifs is 4. The number of rotatable bonds is 3. The van der Waals surface area contributed by atoms with Crippen LogP contribution in [0.3, 0.4) is 0 Å². The van der Waals surface area contributed by atoms with Crippen molar-refractivity contribution in [3.05, 3.63) is 73.6 Å². The van der Waals surface area contributed by atoms with Crippen LogP contribution in [0.1, 0.15) is 34.2 Å². The van der Waals surface area contributed by atoms with Gasteiger partial charge in [0.05, 0.1) is 6.54 Å². The normalized spacial score (nSPS) is 18.0. The number of nitrogens with one attached hydrogen (secondary N) is 1. The number of hydrogen-bond acceptors (Lipinski definition) is 3. The van der Waals surface area contributed by atoms with Gasteiger partial charge >= 0.3 is 5.63 Å². The summed E-state index contributed by atoms with van der Waals surface area (Å²) in [4.78, 5) is 13.7. The molecule has 1 aliphatic carbocycles. The molecule has 1 unspecified atom stereocenters. The van der Waals surface area contributed by atoms with Gasteiger partial charge in [0, 0.05) is 33.5 Å². The number of benzene rings is 2. The number of hydrogen-bond donors (Lipinski definition) is 1. The topological polar surface area (TPSA) is 43.9 Å². The van der Waals surface area contributed by atoms with Crippen LogP contribution in [0.4, 0.5) is 0 Å². The zero-order chi connectivity index (χ0) is 19.3. The molecule has 2 heterocycles. The molecule has 4 nitrogen and oxygen atoms in total. The lowest BCUT2D eigenvalue weighted by Crippen LogP contribution is -3.12. The van der Waals surface area contributed by atoms with E-state index in [0.717, 1.165) is 66.1 Å². The molecule has 0 saturated carbocycles. The third kappa shape index (κ3) is 3.01. The Balaban J connectivity index is 1.44. The molecule has 1 N–H and O–H groups in total. The van der Waals surface area contributed by atoms with E-state index in [2.05, 4.69) is 18.2 Å². The van der Waals surface area contributed by atoms with Crippen LogP contribution in [0.2, 0.25) is 5.02 Å². The molecule has 1 atom stereocenters. The molecule has 2 aliphatic rings. The Morgan fingerprint density at radius 2 is 1.93 bits per heavy atom. The lowest BCUT2D eigenvalue weighted by Gasteiger charge is -2.27. The third-order valence-electron chi connectivity index (χ3n) is 6.06. The zero-order valence-electron chi connectivity index (χ0n) is 15.9.